The molecule has 0 radical (unpaired) electrons. The van der Waals surface area contributed by atoms with Gasteiger partial charge in [0, 0.05) is 31.9 Å². The summed E-state index contributed by atoms with van der Waals surface area (Å²) in [5.74, 6) is 1.53. The van der Waals surface area contributed by atoms with Crippen molar-refractivity contribution in [3.8, 4) is 5.69 Å². The Morgan fingerprint density at radius 1 is 0.903 bits per heavy atom. The Labute approximate surface area is 182 Å². The van der Waals surface area contributed by atoms with Gasteiger partial charge in [-0.1, -0.05) is 42.8 Å². The van der Waals surface area contributed by atoms with Crippen molar-refractivity contribution in [2.45, 2.75) is 13.8 Å². The van der Waals surface area contributed by atoms with Crippen LogP contribution in [-0.2, 0) is 0 Å². The summed E-state index contributed by atoms with van der Waals surface area (Å²) in [4.78, 5) is 14.6. The number of hydrogen-bond donors (Lipinski definition) is 1. The smallest absolute Gasteiger partial charge is 0.229 e. The molecule has 1 aliphatic heterocycles. The van der Waals surface area contributed by atoms with Crippen LogP contribution < -0.4 is 10.2 Å². The van der Waals surface area contributed by atoms with Gasteiger partial charge in [0.25, 0.3) is 0 Å². The van der Waals surface area contributed by atoms with Gasteiger partial charge in [-0.2, -0.15) is 15.1 Å². The SMILES string of the molecule is CCN1CCN(c2nc(Nc3ccc(C)cc3)c3cnn(-c4ccccc4)c3n2)CC1. The van der Waals surface area contributed by atoms with Gasteiger partial charge in [0.15, 0.2) is 5.65 Å². The molecule has 1 saturated heterocycles. The van der Waals surface area contributed by atoms with Crippen LogP contribution in [0.2, 0.25) is 0 Å². The molecule has 4 aromatic rings. The highest BCUT2D eigenvalue weighted by atomic mass is 15.4. The maximum Gasteiger partial charge on any atom is 0.229 e. The molecule has 0 unspecified atom stereocenters. The van der Waals surface area contributed by atoms with Crippen molar-refractivity contribution in [3.05, 3.63) is 66.4 Å². The summed E-state index contributed by atoms with van der Waals surface area (Å²) in [5, 5.41) is 9.04. The van der Waals surface area contributed by atoms with E-state index < -0.39 is 0 Å². The van der Waals surface area contributed by atoms with Crippen LogP contribution in [0, 0.1) is 6.92 Å². The van der Waals surface area contributed by atoms with Gasteiger partial charge in [0.05, 0.1) is 17.3 Å². The summed E-state index contributed by atoms with van der Waals surface area (Å²) >= 11 is 0. The molecule has 1 fully saturated rings. The lowest BCUT2D eigenvalue weighted by atomic mass is 10.2. The number of benzene rings is 2. The van der Waals surface area contributed by atoms with Gasteiger partial charge < -0.3 is 15.1 Å². The summed E-state index contributed by atoms with van der Waals surface area (Å²) in [6.45, 7) is 9.26. The molecule has 31 heavy (non-hydrogen) atoms. The molecule has 1 aliphatic rings. The number of fused-ring (bicyclic) bond motifs is 1. The van der Waals surface area contributed by atoms with Crippen LogP contribution in [0.25, 0.3) is 16.7 Å². The van der Waals surface area contributed by atoms with Crippen molar-refractivity contribution >= 4 is 28.5 Å². The zero-order chi connectivity index (χ0) is 21.2. The Morgan fingerprint density at radius 3 is 2.35 bits per heavy atom. The van der Waals surface area contributed by atoms with Crippen LogP contribution in [0.4, 0.5) is 17.5 Å². The second-order valence-electron chi connectivity index (χ2n) is 7.91. The molecule has 7 heteroatoms. The van der Waals surface area contributed by atoms with Gasteiger partial charge in [-0.05, 0) is 37.7 Å². The Balaban J connectivity index is 1.58. The van der Waals surface area contributed by atoms with Gasteiger partial charge in [0.2, 0.25) is 5.95 Å². The summed E-state index contributed by atoms with van der Waals surface area (Å²) in [7, 11) is 0. The van der Waals surface area contributed by atoms with E-state index in [9.17, 15) is 0 Å². The van der Waals surface area contributed by atoms with E-state index in [0.29, 0.717) is 0 Å². The minimum absolute atomic E-state index is 0.746. The monoisotopic (exact) mass is 413 g/mol. The number of aromatic nitrogens is 4. The Kier molecular flexibility index (Phi) is 5.26. The molecule has 3 heterocycles. The van der Waals surface area contributed by atoms with Crippen molar-refractivity contribution in [2.75, 3.05) is 42.9 Å². The molecule has 2 aromatic heterocycles. The highest BCUT2D eigenvalue weighted by Crippen LogP contribution is 2.28. The third kappa shape index (κ3) is 3.96. The molecule has 2 aromatic carbocycles. The zero-order valence-electron chi connectivity index (χ0n) is 18.0. The molecule has 7 nitrogen and oxygen atoms in total. The molecular weight excluding hydrogens is 386 g/mol. The normalized spacial score (nSPS) is 14.8. The van der Waals surface area contributed by atoms with E-state index in [1.165, 1.54) is 5.56 Å². The standard InChI is InChI=1S/C24H27N7/c1-3-29-13-15-30(16-14-29)24-27-22(26-19-11-9-18(2)10-12-19)21-17-25-31(23(21)28-24)20-7-5-4-6-8-20/h4-12,17H,3,13-16H2,1-2H3,(H,26,27,28). The molecule has 0 amide bonds. The number of nitrogens with zero attached hydrogens (tertiary/aromatic N) is 6. The van der Waals surface area contributed by atoms with Crippen LogP contribution in [0.5, 0.6) is 0 Å². The number of likely N-dealkylation sites (N-methyl/N-ethyl adjacent to an activating group) is 1. The maximum absolute atomic E-state index is 4.96. The number of nitrogens with one attached hydrogen (secondary N) is 1. The van der Waals surface area contributed by atoms with E-state index >= 15 is 0 Å². The number of piperazine rings is 1. The topological polar surface area (TPSA) is 62.1 Å². The van der Waals surface area contributed by atoms with E-state index in [0.717, 1.165) is 66.9 Å². The molecule has 0 atom stereocenters. The van der Waals surface area contributed by atoms with Crippen LogP contribution >= 0.6 is 0 Å². The first-order chi connectivity index (χ1) is 15.2. The second kappa shape index (κ2) is 8.35. The number of anilines is 3. The molecule has 0 spiro atoms. The highest BCUT2D eigenvalue weighted by Gasteiger charge is 2.21. The van der Waals surface area contributed by atoms with E-state index in [-0.39, 0.29) is 0 Å². The molecular formula is C24H27N7. The Bertz CT molecular complexity index is 1160. The minimum Gasteiger partial charge on any atom is -0.339 e. The van der Waals surface area contributed by atoms with E-state index in [1.54, 1.807) is 0 Å². The minimum atomic E-state index is 0.746. The second-order valence-corrected chi connectivity index (χ2v) is 7.91. The third-order valence-corrected chi connectivity index (χ3v) is 5.83. The number of rotatable bonds is 5. The molecule has 0 saturated carbocycles. The summed E-state index contributed by atoms with van der Waals surface area (Å²) in [5.41, 5.74) is 4.02. The van der Waals surface area contributed by atoms with Crippen molar-refractivity contribution in [3.63, 3.8) is 0 Å². The van der Waals surface area contributed by atoms with Crippen molar-refractivity contribution in [1.29, 1.82) is 0 Å². The van der Waals surface area contributed by atoms with Crippen LogP contribution in [0.3, 0.4) is 0 Å². The molecule has 0 bridgehead atoms. The van der Waals surface area contributed by atoms with Crippen molar-refractivity contribution in [1.82, 2.24) is 24.6 Å². The average molecular weight is 414 g/mol. The Morgan fingerprint density at radius 2 is 1.65 bits per heavy atom. The summed E-state index contributed by atoms with van der Waals surface area (Å²) < 4.78 is 1.89. The third-order valence-electron chi connectivity index (χ3n) is 5.83. The lowest BCUT2D eigenvalue weighted by molar-refractivity contribution is 0.270. The molecule has 158 valence electrons. The fourth-order valence-electron chi connectivity index (χ4n) is 3.93. The number of hydrogen-bond acceptors (Lipinski definition) is 6. The molecule has 1 N–H and O–H groups in total. The first kappa shape index (κ1) is 19.5. The summed E-state index contributed by atoms with van der Waals surface area (Å²) in [6, 6.07) is 18.5. The van der Waals surface area contributed by atoms with E-state index in [2.05, 4.69) is 58.3 Å². The lowest BCUT2D eigenvalue weighted by Crippen LogP contribution is -2.46. The van der Waals surface area contributed by atoms with Crippen molar-refractivity contribution < 1.29 is 0 Å². The van der Waals surface area contributed by atoms with E-state index in [1.807, 2.05) is 41.2 Å². The largest absolute Gasteiger partial charge is 0.339 e. The maximum atomic E-state index is 4.96. The van der Waals surface area contributed by atoms with Gasteiger partial charge in [-0.3, -0.25) is 0 Å². The van der Waals surface area contributed by atoms with Crippen LogP contribution in [0.1, 0.15) is 12.5 Å². The quantitative estimate of drug-likeness (QED) is 0.533. The molecule has 0 aliphatic carbocycles. The van der Waals surface area contributed by atoms with Gasteiger partial charge in [-0.15, -0.1) is 0 Å². The first-order valence-corrected chi connectivity index (χ1v) is 10.8. The zero-order valence-corrected chi connectivity index (χ0v) is 18.0. The van der Waals surface area contributed by atoms with Gasteiger partial charge in [0.1, 0.15) is 5.82 Å². The fourth-order valence-corrected chi connectivity index (χ4v) is 3.93. The first-order valence-electron chi connectivity index (χ1n) is 10.8. The average Bonchev–Trinajstić information content (AvgIpc) is 3.25. The van der Waals surface area contributed by atoms with Crippen LogP contribution in [-0.4, -0.2) is 57.4 Å². The lowest BCUT2D eigenvalue weighted by Gasteiger charge is -2.34. The van der Waals surface area contributed by atoms with Gasteiger partial charge in [-0.25, -0.2) is 4.68 Å². The number of para-hydroxylation sites is 1. The predicted molar refractivity (Wildman–Crippen MR) is 125 cm³/mol. The van der Waals surface area contributed by atoms with Crippen molar-refractivity contribution in [2.24, 2.45) is 0 Å². The molecule has 5 rings (SSSR count). The fraction of sp³-hybridized carbons (Fsp3) is 0.292. The van der Waals surface area contributed by atoms with Crippen LogP contribution in [0.15, 0.2) is 60.8 Å². The predicted octanol–water partition coefficient (Wildman–Crippen LogP) is 4.01. The Hall–Kier alpha value is -3.45. The van der Waals surface area contributed by atoms with Gasteiger partial charge >= 0.3 is 0 Å². The van der Waals surface area contributed by atoms with E-state index in [4.69, 9.17) is 9.97 Å². The highest BCUT2D eigenvalue weighted by molar-refractivity contribution is 5.90. The summed E-state index contributed by atoms with van der Waals surface area (Å²) in [6.07, 6.45) is 1.84. The number of aryl methyl sites for hydroxylation is 1.